The van der Waals surface area contributed by atoms with E-state index in [0.717, 1.165) is 17.7 Å². The molecule has 0 aliphatic carbocycles. The maximum Gasteiger partial charge on any atom is 0.255 e. The van der Waals surface area contributed by atoms with Crippen LogP contribution >= 0.6 is 0 Å². The number of anilines is 1. The number of carbonyl (C=O) groups is 1. The zero-order valence-corrected chi connectivity index (χ0v) is 18.2. The number of benzene rings is 3. The Labute approximate surface area is 191 Å². The topological polar surface area (TPSA) is 65.4 Å². The molecule has 1 N–H and O–H groups in total. The van der Waals surface area contributed by atoms with Gasteiger partial charge in [-0.3, -0.25) is 4.79 Å². The van der Waals surface area contributed by atoms with Gasteiger partial charge in [-0.05, 0) is 66.1 Å². The van der Waals surface area contributed by atoms with Crippen LogP contribution in [-0.4, -0.2) is 15.7 Å². The molecular formula is C26H24FN3O3. The van der Waals surface area contributed by atoms with Crippen LogP contribution in [0.5, 0.6) is 11.5 Å². The Balaban J connectivity index is 1.27. The van der Waals surface area contributed by atoms with Crippen molar-refractivity contribution in [3.05, 3.63) is 108 Å². The third-order valence-electron chi connectivity index (χ3n) is 5.02. The van der Waals surface area contributed by atoms with Gasteiger partial charge >= 0.3 is 0 Å². The lowest BCUT2D eigenvalue weighted by molar-refractivity contribution is 0.102. The average molecular weight is 445 g/mol. The van der Waals surface area contributed by atoms with Crippen LogP contribution in [0.1, 0.15) is 28.4 Å². The SMILES string of the molecule is CCc1ccc(OCn2cc(NC(=O)c3ccc(COc4ccc(F)cc4)cc3)cn2)cc1. The minimum absolute atomic E-state index is 0.239. The predicted molar refractivity (Wildman–Crippen MR) is 124 cm³/mol. The lowest BCUT2D eigenvalue weighted by Crippen LogP contribution is -2.11. The van der Waals surface area contributed by atoms with Gasteiger partial charge in [0.15, 0.2) is 6.73 Å². The van der Waals surface area contributed by atoms with Crippen LogP contribution in [0, 0.1) is 5.82 Å². The van der Waals surface area contributed by atoms with Crippen LogP contribution in [0.4, 0.5) is 10.1 Å². The molecule has 3 aromatic carbocycles. The molecule has 0 radical (unpaired) electrons. The van der Waals surface area contributed by atoms with Crippen LogP contribution in [0.2, 0.25) is 0 Å². The Bertz CT molecular complexity index is 1190. The number of carbonyl (C=O) groups excluding carboxylic acids is 1. The molecule has 1 aromatic heterocycles. The van der Waals surface area contributed by atoms with Gasteiger partial charge in [0, 0.05) is 5.56 Å². The van der Waals surface area contributed by atoms with E-state index in [2.05, 4.69) is 17.3 Å². The van der Waals surface area contributed by atoms with Crippen LogP contribution in [0.15, 0.2) is 85.2 Å². The van der Waals surface area contributed by atoms with E-state index in [1.165, 1.54) is 17.7 Å². The summed E-state index contributed by atoms with van der Waals surface area (Å²) in [6.45, 7) is 2.67. The number of aryl methyl sites for hydroxylation is 1. The van der Waals surface area contributed by atoms with Gasteiger partial charge < -0.3 is 14.8 Å². The van der Waals surface area contributed by atoms with E-state index in [4.69, 9.17) is 9.47 Å². The van der Waals surface area contributed by atoms with E-state index in [1.807, 2.05) is 36.4 Å². The van der Waals surface area contributed by atoms with E-state index in [1.54, 1.807) is 41.3 Å². The molecule has 33 heavy (non-hydrogen) atoms. The summed E-state index contributed by atoms with van der Waals surface area (Å²) in [5.74, 6) is 0.795. The smallest absolute Gasteiger partial charge is 0.255 e. The van der Waals surface area contributed by atoms with Crippen molar-refractivity contribution >= 4 is 11.6 Å². The Kier molecular flexibility index (Phi) is 6.99. The first-order valence-electron chi connectivity index (χ1n) is 10.6. The van der Waals surface area contributed by atoms with Crippen LogP contribution in [-0.2, 0) is 19.8 Å². The maximum absolute atomic E-state index is 13.0. The molecule has 1 amide bonds. The molecule has 4 rings (SSSR count). The Morgan fingerprint density at radius 3 is 2.24 bits per heavy atom. The molecule has 0 unspecified atom stereocenters. The highest BCUT2D eigenvalue weighted by Gasteiger charge is 2.08. The molecule has 0 spiro atoms. The highest BCUT2D eigenvalue weighted by Crippen LogP contribution is 2.16. The fourth-order valence-corrected chi connectivity index (χ4v) is 3.11. The zero-order valence-electron chi connectivity index (χ0n) is 18.2. The van der Waals surface area contributed by atoms with Gasteiger partial charge in [0.25, 0.3) is 5.91 Å². The lowest BCUT2D eigenvalue weighted by Gasteiger charge is -2.08. The van der Waals surface area contributed by atoms with Crippen LogP contribution in [0.3, 0.4) is 0 Å². The Hall–Kier alpha value is -4.13. The minimum Gasteiger partial charge on any atom is -0.489 e. The summed E-state index contributed by atoms with van der Waals surface area (Å²) in [5.41, 5.74) is 3.24. The largest absolute Gasteiger partial charge is 0.489 e. The van der Waals surface area contributed by atoms with Crippen molar-refractivity contribution in [2.24, 2.45) is 0 Å². The van der Waals surface area contributed by atoms with E-state index in [-0.39, 0.29) is 18.5 Å². The first-order valence-corrected chi connectivity index (χ1v) is 10.6. The van der Waals surface area contributed by atoms with Gasteiger partial charge in [-0.25, -0.2) is 9.07 Å². The number of nitrogens with zero attached hydrogens (tertiary/aromatic N) is 2. The number of hydrogen-bond acceptors (Lipinski definition) is 4. The first kappa shape index (κ1) is 22.1. The molecule has 0 aliphatic rings. The fourth-order valence-electron chi connectivity index (χ4n) is 3.11. The molecule has 0 saturated carbocycles. The monoisotopic (exact) mass is 445 g/mol. The number of rotatable bonds is 9. The summed E-state index contributed by atoms with van der Waals surface area (Å²) in [4.78, 5) is 12.5. The summed E-state index contributed by atoms with van der Waals surface area (Å²) < 4.78 is 25.9. The molecular weight excluding hydrogens is 421 g/mol. The number of halogens is 1. The molecule has 0 aliphatic heterocycles. The van der Waals surface area contributed by atoms with Gasteiger partial charge in [0.2, 0.25) is 0 Å². The fraction of sp³-hybridized carbons (Fsp3) is 0.154. The second kappa shape index (κ2) is 10.5. The van der Waals surface area contributed by atoms with Gasteiger partial charge in [-0.1, -0.05) is 31.2 Å². The molecule has 0 bridgehead atoms. The third-order valence-corrected chi connectivity index (χ3v) is 5.02. The molecule has 168 valence electrons. The molecule has 0 fully saturated rings. The molecule has 4 aromatic rings. The van der Waals surface area contributed by atoms with Gasteiger partial charge in [-0.2, -0.15) is 5.10 Å². The second-order valence-electron chi connectivity index (χ2n) is 7.43. The highest BCUT2D eigenvalue weighted by molar-refractivity contribution is 6.04. The van der Waals surface area contributed by atoms with Crippen LogP contribution < -0.4 is 14.8 Å². The summed E-state index contributed by atoms with van der Waals surface area (Å²) in [6, 6.07) is 20.9. The van der Waals surface area contributed by atoms with E-state index in [9.17, 15) is 9.18 Å². The number of amides is 1. The number of ether oxygens (including phenoxy) is 2. The van der Waals surface area contributed by atoms with E-state index in [0.29, 0.717) is 23.6 Å². The van der Waals surface area contributed by atoms with Gasteiger partial charge in [0.05, 0.1) is 18.1 Å². The number of aromatic nitrogens is 2. The van der Waals surface area contributed by atoms with Crippen molar-refractivity contribution in [1.82, 2.24) is 9.78 Å². The summed E-state index contributed by atoms with van der Waals surface area (Å²) in [7, 11) is 0. The van der Waals surface area contributed by atoms with E-state index < -0.39 is 0 Å². The van der Waals surface area contributed by atoms with Crippen molar-refractivity contribution in [3.8, 4) is 11.5 Å². The molecule has 0 saturated heterocycles. The van der Waals surface area contributed by atoms with Crippen molar-refractivity contribution < 1.29 is 18.7 Å². The molecule has 7 heteroatoms. The summed E-state index contributed by atoms with van der Waals surface area (Å²) >= 11 is 0. The Morgan fingerprint density at radius 2 is 1.55 bits per heavy atom. The van der Waals surface area contributed by atoms with Crippen molar-refractivity contribution in [2.75, 3.05) is 5.32 Å². The standard InChI is InChI=1S/C26H24FN3O3/c1-2-19-5-11-25(12-6-19)33-18-30-16-23(15-28-30)29-26(31)21-7-3-20(4-8-21)17-32-24-13-9-22(27)10-14-24/h3-16H,2,17-18H2,1H3,(H,29,31). The maximum atomic E-state index is 13.0. The average Bonchev–Trinajstić information content (AvgIpc) is 3.30. The van der Waals surface area contributed by atoms with Crippen LogP contribution in [0.25, 0.3) is 0 Å². The second-order valence-corrected chi connectivity index (χ2v) is 7.43. The molecule has 6 nitrogen and oxygen atoms in total. The quantitative estimate of drug-likeness (QED) is 0.372. The zero-order chi connectivity index (χ0) is 23.0. The van der Waals surface area contributed by atoms with Crippen molar-refractivity contribution in [3.63, 3.8) is 0 Å². The number of hydrogen-bond donors (Lipinski definition) is 1. The van der Waals surface area contributed by atoms with Crippen molar-refractivity contribution in [1.29, 1.82) is 0 Å². The molecule has 0 atom stereocenters. The van der Waals surface area contributed by atoms with Gasteiger partial charge in [-0.15, -0.1) is 0 Å². The summed E-state index contributed by atoms with van der Waals surface area (Å²) in [5, 5.41) is 7.05. The first-order chi connectivity index (χ1) is 16.1. The van der Waals surface area contributed by atoms with Gasteiger partial charge in [0.1, 0.15) is 23.9 Å². The predicted octanol–water partition coefficient (Wildman–Crippen LogP) is 5.45. The third kappa shape index (κ3) is 6.20. The molecule has 1 heterocycles. The normalized spacial score (nSPS) is 10.6. The number of nitrogens with one attached hydrogen (secondary N) is 1. The van der Waals surface area contributed by atoms with Crippen molar-refractivity contribution in [2.45, 2.75) is 26.7 Å². The Morgan fingerprint density at radius 1 is 0.909 bits per heavy atom. The van der Waals surface area contributed by atoms with E-state index >= 15 is 0 Å². The highest BCUT2D eigenvalue weighted by atomic mass is 19.1. The lowest BCUT2D eigenvalue weighted by atomic mass is 10.1. The summed E-state index contributed by atoms with van der Waals surface area (Å²) in [6.07, 6.45) is 4.27. The minimum atomic E-state index is -0.308.